The molecule has 1 fully saturated rings. The van der Waals surface area contributed by atoms with Crippen molar-refractivity contribution >= 4 is 33.1 Å². The standard InChI is InChI=1S/C36H27F3N6O3S/c37-19-6-3-17(4-7-19)5-9-25-28(34-43-44-36(47)48-34)29(30-31(41-25)26-2-1-13-45(26)35(30)46)27-14-18-11-12-40-33(32(18)49-27)42-24-10-8-21-22(24)15-20(38)16-23(21)39/h3-4,6-7,11-12,14-16,24,26H,1-2,5,8-10,13H2,(H,40,42)(H,44,47)/t24-,26+/m1/s1. The summed E-state index contributed by atoms with van der Waals surface area (Å²) in [4.78, 5) is 38.7. The van der Waals surface area contributed by atoms with E-state index in [0.717, 1.165) is 39.4 Å². The summed E-state index contributed by atoms with van der Waals surface area (Å²) in [6.07, 6.45) is 5.31. The predicted molar refractivity (Wildman–Crippen MR) is 177 cm³/mol. The number of aryl methyl sites for hydroxylation is 2. The average Bonchev–Trinajstić information content (AvgIpc) is 3.92. The summed E-state index contributed by atoms with van der Waals surface area (Å²) < 4.78 is 48.8. The van der Waals surface area contributed by atoms with Gasteiger partial charge in [0.15, 0.2) is 0 Å². The molecule has 0 bridgehead atoms. The molecule has 1 saturated heterocycles. The van der Waals surface area contributed by atoms with E-state index in [4.69, 9.17) is 9.40 Å². The smallest absolute Gasteiger partial charge is 0.388 e. The average molecular weight is 681 g/mol. The Labute approximate surface area is 280 Å². The minimum absolute atomic E-state index is 0.0183. The lowest BCUT2D eigenvalue weighted by Crippen LogP contribution is -2.22. The van der Waals surface area contributed by atoms with Gasteiger partial charge in [0.25, 0.3) is 11.8 Å². The highest BCUT2D eigenvalue weighted by Crippen LogP contribution is 2.50. The molecule has 2 atom stereocenters. The summed E-state index contributed by atoms with van der Waals surface area (Å²) in [6.45, 7) is 0.617. The molecule has 1 amide bonds. The fourth-order valence-electron chi connectivity index (χ4n) is 7.61. The Hall–Kier alpha value is -5.30. The molecule has 9 nitrogen and oxygen atoms in total. The van der Waals surface area contributed by atoms with Gasteiger partial charge in [-0.1, -0.05) is 12.1 Å². The number of carbonyl (C=O) groups is 1. The topological polar surface area (TPSA) is 117 Å². The highest BCUT2D eigenvalue weighted by Gasteiger charge is 2.45. The van der Waals surface area contributed by atoms with Crippen molar-refractivity contribution in [3.63, 3.8) is 0 Å². The Kier molecular flexibility index (Phi) is 6.94. The number of carbonyl (C=O) groups excluding carboxylic acids is 1. The van der Waals surface area contributed by atoms with E-state index in [1.807, 2.05) is 17.0 Å². The number of H-pyrrole nitrogens is 1. The van der Waals surface area contributed by atoms with Gasteiger partial charge in [0.05, 0.1) is 39.3 Å². The van der Waals surface area contributed by atoms with Gasteiger partial charge in [-0.25, -0.2) is 28.0 Å². The van der Waals surface area contributed by atoms with Crippen LogP contribution in [0.3, 0.4) is 0 Å². The fraction of sp³-hybridized carbons (Fsp3) is 0.250. The summed E-state index contributed by atoms with van der Waals surface area (Å²) in [7, 11) is 0. The number of aromatic amines is 1. The van der Waals surface area contributed by atoms with Crippen LogP contribution in [0.5, 0.6) is 0 Å². The highest BCUT2D eigenvalue weighted by molar-refractivity contribution is 7.23. The van der Waals surface area contributed by atoms with Crippen molar-refractivity contribution in [2.75, 3.05) is 11.9 Å². The molecule has 3 aliphatic rings. The van der Waals surface area contributed by atoms with E-state index in [2.05, 4.69) is 20.5 Å². The number of rotatable bonds is 7. The second kappa shape index (κ2) is 11.4. The number of nitrogens with zero attached hydrogens (tertiary/aromatic N) is 4. The lowest BCUT2D eigenvalue weighted by atomic mass is 9.93. The first kappa shape index (κ1) is 29.8. The van der Waals surface area contributed by atoms with Gasteiger partial charge in [0.2, 0.25) is 0 Å². The van der Waals surface area contributed by atoms with Gasteiger partial charge >= 0.3 is 5.76 Å². The van der Waals surface area contributed by atoms with Gasteiger partial charge in [-0.05, 0) is 90.9 Å². The molecule has 2 aromatic carbocycles. The number of hydrogen-bond donors (Lipinski definition) is 2. The third kappa shape index (κ3) is 4.94. The highest BCUT2D eigenvalue weighted by atomic mass is 32.1. The van der Waals surface area contributed by atoms with Crippen LogP contribution in [0.25, 0.3) is 32.0 Å². The summed E-state index contributed by atoms with van der Waals surface area (Å²) in [6, 6.07) is 11.9. The molecule has 0 radical (unpaired) electrons. The number of halogens is 3. The minimum atomic E-state index is -0.741. The monoisotopic (exact) mass is 680 g/mol. The summed E-state index contributed by atoms with van der Waals surface area (Å²) >= 11 is 1.41. The van der Waals surface area contributed by atoms with E-state index in [1.165, 1.54) is 29.5 Å². The number of benzene rings is 2. The van der Waals surface area contributed by atoms with Crippen molar-refractivity contribution in [2.24, 2.45) is 0 Å². The predicted octanol–water partition coefficient (Wildman–Crippen LogP) is 7.29. The fourth-order valence-corrected chi connectivity index (χ4v) is 8.77. The van der Waals surface area contributed by atoms with Gasteiger partial charge in [-0.15, -0.1) is 16.4 Å². The van der Waals surface area contributed by atoms with E-state index in [9.17, 15) is 22.8 Å². The molecule has 0 unspecified atom stereocenters. The lowest BCUT2D eigenvalue weighted by Gasteiger charge is -2.16. The molecule has 49 heavy (non-hydrogen) atoms. The molecule has 246 valence electrons. The van der Waals surface area contributed by atoms with Crippen molar-refractivity contribution in [1.29, 1.82) is 0 Å². The zero-order valence-corrected chi connectivity index (χ0v) is 26.7. The number of hydrogen-bond acceptors (Lipinski definition) is 8. The third-order valence-corrected chi connectivity index (χ3v) is 11.0. The second-order valence-electron chi connectivity index (χ2n) is 12.6. The quantitative estimate of drug-likeness (QED) is 0.182. The van der Waals surface area contributed by atoms with Crippen molar-refractivity contribution < 1.29 is 22.4 Å². The lowest BCUT2D eigenvalue weighted by molar-refractivity contribution is 0.0776. The Balaban J connectivity index is 1.21. The molecular weight excluding hydrogens is 653 g/mol. The molecule has 4 aromatic heterocycles. The van der Waals surface area contributed by atoms with Crippen LogP contribution in [-0.2, 0) is 19.3 Å². The third-order valence-electron chi connectivity index (χ3n) is 9.80. The van der Waals surface area contributed by atoms with Crippen LogP contribution in [-0.4, -0.2) is 37.5 Å². The van der Waals surface area contributed by atoms with Gasteiger partial charge in [0, 0.05) is 29.2 Å². The van der Waals surface area contributed by atoms with Gasteiger partial charge in [-0.3, -0.25) is 9.78 Å². The van der Waals surface area contributed by atoms with Crippen LogP contribution in [0.2, 0.25) is 0 Å². The first-order valence-corrected chi connectivity index (χ1v) is 17.0. The SMILES string of the molecule is O=C1c2c(nc(CCc3ccc(F)cc3)c(-c3n[nH]c(=O)o3)c2-c2cc3ccnc(N[C@@H]4CCc5c(F)cc(F)cc54)c3s2)[C@@H]2CCCN12. The number of amides is 1. The molecule has 0 spiro atoms. The largest absolute Gasteiger partial charge is 0.434 e. The minimum Gasteiger partial charge on any atom is -0.388 e. The Morgan fingerprint density at radius 2 is 1.84 bits per heavy atom. The Bertz CT molecular complexity index is 2370. The van der Waals surface area contributed by atoms with Crippen molar-refractivity contribution in [3.8, 4) is 21.9 Å². The number of anilines is 1. The maximum atomic E-state index is 14.5. The molecule has 6 aromatic rings. The molecular formula is C36H27F3N6O3S. The molecule has 6 heterocycles. The van der Waals surface area contributed by atoms with E-state index >= 15 is 0 Å². The van der Waals surface area contributed by atoms with Gasteiger partial charge in [0.1, 0.15) is 23.3 Å². The molecule has 1 aliphatic carbocycles. The van der Waals surface area contributed by atoms with Crippen LogP contribution >= 0.6 is 11.3 Å². The first-order chi connectivity index (χ1) is 23.8. The summed E-state index contributed by atoms with van der Waals surface area (Å²) in [5, 5.41) is 10.8. The molecule has 0 saturated carbocycles. The molecule has 2 N–H and O–H groups in total. The van der Waals surface area contributed by atoms with Crippen LogP contribution in [0.1, 0.15) is 69.8 Å². The first-order valence-electron chi connectivity index (χ1n) is 16.1. The normalized spacial score (nSPS) is 17.9. The second-order valence-corrected chi connectivity index (χ2v) is 13.7. The number of thiophene rings is 1. The summed E-state index contributed by atoms with van der Waals surface area (Å²) in [5.41, 5.74) is 4.75. The van der Waals surface area contributed by atoms with Gasteiger partial charge in [-0.2, -0.15) is 0 Å². The van der Waals surface area contributed by atoms with Crippen LogP contribution in [0.4, 0.5) is 19.0 Å². The van der Waals surface area contributed by atoms with Crippen LogP contribution in [0.15, 0.2) is 63.9 Å². The van der Waals surface area contributed by atoms with E-state index in [-0.39, 0.29) is 29.7 Å². The Morgan fingerprint density at radius 3 is 2.65 bits per heavy atom. The molecule has 2 aliphatic heterocycles. The van der Waals surface area contributed by atoms with Crippen LogP contribution in [0, 0.1) is 17.5 Å². The van der Waals surface area contributed by atoms with E-state index in [0.29, 0.717) is 77.3 Å². The van der Waals surface area contributed by atoms with E-state index in [1.54, 1.807) is 18.3 Å². The number of aromatic nitrogens is 4. The van der Waals surface area contributed by atoms with E-state index < -0.39 is 17.4 Å². The van der Waals surface area contributed by atoms with Crippen molar-refractivity contribution in [2.45, 2.75) is 50.6 Å². The maximum absolute atomic E-state index is 14.5. The molecule has 9 rings (SSSR count). The van der Waals surface area contributed by atoms with Crippen LogP contribution < -0.4 is 11.1 Å². The Morgan fingerprint density at radius 1 is 0.980 bits per heavy atom. The molecule has 13 heteroatoms. The van der Waals surface area contributed by atoms with Gasteiger partial charge < -0.3 is 14.6 Å². The maximum Gasteiger partial charge on any atom is 0.434 e. The number of nitrogens with one attached hydrogen (secondary N) is 2. The van der Waals surface area contributed by atoms with Crippen molar-refractivity contribution in [3.05, 3.63) is 116 Å². The zero-order chi connectivity index (χ0) is 33.4. The summed E-state index contributed by atoms with van der Waals surface area (Å²) in [5.74, 6) is -1.81. The zero-order valence-electron chi connectivity index (χ0n) is 25.9. The number of pyridine rings is 2. The number of fused-ring (bicyclic) bond motifs is 5. The van der Waals surface area contributed by atoms with Crippen molar-refractivity contribution in [1.82, 2.24) is 25.1 Å².